The molecule has 0 atom stereocenters. The molecule has 0 aromatic rings. The summed E-state index contributed by atoms with van der Waals surface area (Å²) in [7, 11) is 0. The molecule has 2 N–H and O–H groups in total. The molecule has 1 saturated heterocycles. The van der Waals surface area contributed by atoms with Gasteiger partial charge in [-0.3, -0.25) is 4.79 Å². The van der Waals surface area contributed by atoms with Crippen LogP contribution in [0.25, 0.3) is 0 Å². The number of urea groups is 1. The number of carbonyl (C=O) groups is 2. The van der Waals surface area contributed by atoms with Crippen LogP contribution < -0.4 is 5.32 Å². The minimum Gasteiger partial charge on any atom is -0.376 e. The molecule has 5 heteroatoms. The van der Waals surface area contributed by atoms with E-state index in [-0.39, 0.29) is 5.91 Å². The van der Waals surface area contributed by atoms with Crippen LogP contribution in [0, 0.1) is 0 Å². The Morgan fingerprint density at radius 3 is 2.46 bits per heavy atom. The van der Waals surface area contributed by atoms with E-state index in [1.165, 1.54) is 0 Å². The first-order valence-corrected chi connectivity index (χ1v) is 4.45. The standard InChI is InChI=1S/C8H12N2O3/c11-5-10-6(12)8(9-7(10)13)3-1-2-4-8/h11H,1-5H2,(H,9,13). The van der Waals surface area contributed by atoms with Crippen LogP contribution in [0.4, 0.5) is 4.79 Å². The third-order valence-electron chi connectivity index (χ3n) is 2.84. The molecule has 1 saturated carbocycles. The Labute approximate surface area is 75.7 Å². The van der Waals surface area contributed by atoms with Crippen LogP contribution in [0.3, 0.4) is 0 Å². The number of imide groups is 1. The van der Waals surface area contributed by atoms with Gasteiger partial charge in [-0.15, -0.1) is 0 Å². The van der Waals surface area contributed by atoms with E-state index in [9.17, 15) is 9.59 Å². The number of hydrogen-bond donors (Lipinski definition) is 2. The SMILES string of the molecule is O=C1NC2(CCCC2)C(=O)N1CO. The molecular weight excluding hydrogens is 172 g/mol. The number of hydrogen-bond acceptors (Lipinski definition) is 3. The van der Waals surface area contributed by atoms with Gasteiger partial charge in [-0.1, -0.05) is 12.8 Å². The number of rotatable bonds is 1. The van der Waals surface area contributed by atoms with Gasteiger partial charge in [-0.2, -0.15) is 0 Å². The van der Waals surface area contributed by atoms with Gasteiger partial charge in [0.2, 0.25) is 0 Å². The number of carbonyl (C=O) groups excluding carboxylic acids is 2. The summed E-state index contributed by atoms with van der Waals surface area (Å²) in [5, 5.41) is 11.5. The van der Waals surface area contributed by atoms with E-state index in [4.69, 9.17) is 5.11 Å². The first-order valence-electron chi connectivity index (χ1n) is 4.45. The molecule has 1 aliphatic carbocycles. The molecule has 1 heterocycles. The second kappa shape index (κ2) is 2.70. The third kappa shape index (κ3) is 1.03. The predicted octanol–water partition coefficient (Wildman–Crippen LogP) is -0.199. The molecule has 3 amide bonds. The van der Waals surface area contributed by atoms with E-state index in [1.54, 1.807) is 0 Å². The van der Waals surface area contributed by atoms with Crippen molar-refractivity contribution < 1.29 is 14.7 Å². The molecular formula is C8H12N2O3. The van der Waals surface area contributed by atoms with Crippen LogP contribution in [-0.2, 0) is 4.79 Å². The quantitative estimate of drug-likeness (QED) is 0.554. The van der Waals surface area contributed by atoms with Crippen LogP contribution in [0.2, 0.25) is 0 Å². The molecule has 0 unspecified atom stereocenters. The van der Waals surface area contributed by atoms with E-state index in [2.05, 4.69) is 5.32 Å². The van der Waals surface area contributed by atoms with Crippen LogP contribution in [0.15, 0.2) is 0 Å². The predicted molar refractivity (Wildman–Crippen MR) is 43.7 cm³/mol. The van der Waals surface area contributed by atoms with E-state index < -0.39 is 18.3 Å². The maximum atomic E-state index is 11.7. The van der Waals surface area contributed by atoms with Gasteiger partial charge in [0.25, 0.3) is 5.91 Å². The summed E-state index contributed by atoms with van der Waals surface area (Å²) in [6.07, 6.45) is 3.33. The van der Waals surface area contributed by atoms with Crippen molar-refractivity contribution in [3.05, 3.63) is 0 Å². The highest BCUT2D eigenvalue weighted by molar-refractivity contribution is 6.07. The van der Waals surface area contributed by atoms with Gasteiger partial charge in [-0.05, 0) is 12.8 Å². The summed E-state index contributed by atoms with van der Waals surface area (Å²) in [6, 6.07) is -0.464. The van der Waals surface area contributed by atoms with E-state index in [0.717, 1.165) is 17.7 Å². The van der Waals surface area contributed by atoms with Gasteiger partial charge in [0.15, 0.2) is 0 Å². The minimum absolute atomic E-state index is 0.266. The summed E-state index contributed by atoms with van der Waals surface area (Å²) in [5.41, 5.74) is -0.681. The maximum Gasteiger partial charge on any atom is 0.326 e. The lowest BCUT2D eigenvalue weighted by Gasteiger charge is -2.19. The van der Waals surface area contributed by atoms with E-state index >= 15 is 0 Å². The van der Waals surface area contributed by atoms with Crippen LogP contribution >= 0.6 is 0 Å². The molecule has 1 aliphatic heterocycles. The zero-order chi connectivity index (χ0) is 9.47. The van der Waals surface area contributed by atoms with Crippen molar-refractivity contribution in [1.29, 1.82) is 0 Å². The van der Waals surface area contributed by atoms with Crippen molar-refractivity contribution in [3.63, 3.8) is 0 Å². The van der Waals surface area contributed by atoms with Crippen molar-refractivity contribution in [1.82, 2.24) is 10.2 Å². The molecule has 0 aromatic heterocycles. The molecule has 0 radical (unpaired) electrons. The fourth-order valence-corrected chi connectivity index (χ4v) is 2.12. The fraction of sp³-hybridized carbons (Fsp3) is 0.750. The monoisotopic (exact) mass is 184 g/mol. The van der Waals surface area contributed by atoms with Gasteiger partial charge in [0, 0.05) is 0 Å². The molecule has 5 nitrogen and oxygen atoms in total. The Morgan fingerprint density at radius 2 is 2.00 bits per heavy atom. The second-order valence-electron chi connectivity index (χ2n) is 3.59. The summed E-state index contributed by atoms with van der Waals surface area (Å²) in [4.78, 5) is 23.7. The van der Waals surface area contributed by atoms with Gasteiger partial charge in [0.1, 0.15) is 12.3 Å². The normalized spacial score (nSPS) is 25.8. The zero-order valence-electron chi connectivity index (χ0n) is 7.25. The average Bonchev–Trinajstić information content (AvgIpc) is 2.62. The lowest BCUT2D eigenvalue weighted by Crippen LogP contribution is -2.44. The Bertz CT molecular complexity index is 258. The fourth-order valence-electron chi connectivity index (χ4n) is 2.12. The Kier molecular flexibility index (Phi) is 1.76. The van der Waals surface area contributed by atoms with Gasteiger partial charge in [-0.25, -0.2) is 9.69 Å². The molecule has 0 bridgehead atoms. The van der Waals surface area contributed by atoms with Crippen molar-refractivity contribution in [2.75, 3.05) is 6.73 Å². The Balaban J connectivity index is 2.25. The number of aliphatic hydroxyl groups is 1. The van der Waals surface area contributed by atoms with Crippen molar-refractivity contribution in [2.45, 2.75) is 31.2 Å². The first-order chi connectivity index (χ1) is 6.19. The minimum atomic E-state index is -0.681. The largest absolute Gasteiger partial charge is 0.376 e. The molecule has 13 heavy (non-hydrogen) atoms. The molecule has 72 valence electrons. The highest BCUT2D eigenvalue weighted by Gasteiger charge is 2.52. The second-order valence-corrected chi connectivity index (χ2v) is 3.59. The topological polar surface area (TPSA) is 69.6 Å². The Morgan fingerprint density at radius 1 is 1.38 bits per heavy atom. The molecule has 0 aromatic carbocycles. The van der Waals surface area contributed by atoms with Crippen molar-refractivity contribution in [3.8, 4) is 0 Å². The Hall–Kier alpha value is -1.10. The molecule has 2 aliphatic rings. The maximum absolute atomic E-state index is 11.7. The summed E-state index contributed by atoms with van der Waals surface area (Å²) < 4.78 is 0. The lowest BCUT2D eigenvalue weighted by molar-refractivity contribution is -0.133. The summed E-state index contributed by atoms with van der Waals surface area (Å²) in [5.74, 6) is -0.266. The number of nitrogens with one attached hydrogen (secondary N) is 1. The van der Waals surface area contributed by atoms with Gasteiger partial charge < -0.3 is 10.4 Å². The smallest absolute Gasteiger partial charge is 0.326 e. The summed E-state index contributed by atoms with van der Waals surface area (Å²) in [6.45, 7) is -0.521. The van der Waals surface area contributed by atoms with Crippen LogP contribution in [0.5, 0.6) is 0 Å². The van der Waals surface area contributed by atoms with Gasteiger partial charge >= 0.3 is 6.03 Å². The average molecular weight is 184 g/mol. The third-order valence-corrected chi connectivity index (χ3v) is 2.84. The van der Waals surface area contributed by atoms with Crippen LogP contribution in [-0.4, -0.2) is 34.2 Å². The number of amides is 3. The molecule has 2 rings (SSSR count). The summed E-state index contributed by atoms with van der Waals surface area (Å²) >= 11 is 0. The van der Waals surface area contributed by atoms with E-state index in [1.807, 2.05) is 0 Å². The lowest BCUT2D eigenvalue weighted by atomic mass is 9.98. The molecule has 1 spiro atoms. The molecule has 2 fully saturated rings. The number of nitrogens with zero attached hydrogens (tertiary/aromatic N) is 1. The van der Waals surface area contributed by atoms with Crippen LogP contribution in [0.1, 0.15) is 25.7 Å². The van der Waals surface area contributed by atoms with Gasteiger partial charge in [0.05, 0.1) is 0 Å². The highest BCUT2D eigenvalue weighted by atomic mass is 16.3. The van der Waals surface area contributed by atoms with E-state index in [0.29, 0.717) is 12.8 Å². The van der Waals surface area contributed by atoms with Crippen molar-refractivity contribution in [2.24, 2.45) is 0 Å². The highest BCUT2D eigenvalue weighted by Crippen LogP contribution is 2.34. The zero-order valence-corrected chi connectivity index (χ0v) is 7.25. The van der Waals surface area contributed by atoms with Crippen molar-refractivity contribution >= 4 is 11.9 Å². The number of aliphatic hydroxyl groups excluding tert-OH is 1. The first kappa shape index (κ1) is 8.50.